The molecule has 2 aromatic rings. The van der Waals surface area contributed by atoms with Crippen molar-refractivity contribution in [3.63, 3.8) is 0 Å². The van der Waals surface area contributed by atoms with E-state index in [0.717, 1.165) is 42.4 Å². The minimum Gasteiger partial charge on any atom is -0.382 e. The Bertz CT molecular complexity index is 920. The second-order valence-electron chi connectivity index (χ2n) is 9.90. The standard InChI is InChI=1S/C26H44N6O2/c1-4-5-6-10-13-21-22(19(2)3)30-25(27)23-24(21)31(18-29-23)14-16-34-17-15-32(26(28)33)20-11-8-7-9-12-20/h18-20H,4-17H2,1-3H3,(H2,27,30)(H2,28,33). The molecule has 0 spiro atoms. The van der Waals surface area contributed by atoms with E-state index in [4.69, 9.17) is 21.2 Å². The van der Waals surface area contributed by atoms with Crippen molar-refractivity contribution in [2.24, 2.45) is 5.73 Å². The van der Waals surface area contributed by atoms with Gasteiger partial charge in [-0.1, -0.05) is 59.3 Å². The molecule has 4 N–H and O–H groups in total. The number of urea groups is 1. The molecule has 0 radical (unpaired) electrons. The number of fused-ring (bicyclic) bond motifs is 1. The second kappa shape index (κ2) is 12.9. The van der Waals surface area contributed by atoms with E-state index in [2.05, 4.69) is 30.3 Å². The molecule has 2 heterocycles. The average Bonchev–Trinajstić information content (AvgIpc) is 3.25. The lowest BCUT2D eigenvalue weighted by atomic mass is 9.94. The van der Waals surface area contributed by atoms with Crippen LogP contribution in [0.4, 0.5) is 10.6 Å². The van der Waals surface area contributed by atoms with Crippen LogP contribution in [0.1, 0.15) is 95.7 Å². The van der Waals surface area contributed by atoms with E-state index in [-0.39, 0.29) is 12.1 Å². The number of amides is 2. The van der Waals surface area contributed by atoms with Crippen molar-refractivity contribution >= 4 is 22.9 Å². The van der Waals surface area contributed by atoms with Gasteiger partial charge in [0.15, 0.2) is 5.82 Å². The molecule has 34 heavy (non-hydrogen) atoms. The van der Waals surface area contributed by atoms with Crippen LogP contribution < -0.4 is 11.5 Å². The first-order valence-corrected chi connectivity index (χ1v) is 13.2. The summed E-state index contributed by atoms with van der Waals surface area (Å²) in [6, 6.07) is -0.0827. The van der Waals surface area contributed by atoms with Crippen LogP contribution in [0.3, 0.4) is 0 Å². The van der Waals surface area contributed by atoms with Gasteiger partial charge in [-0.25, -0.2) is 14.8 Å². The summed E-state index contributed by atoms with van der Waals surface area (Å²) in [4.78, 5) is 23.0. The fraction of sp³-hybridized carbons (Fsp3) is 0.731. The van der Waals surface area contributed by atoms with Gasteiger partial charge in [-0.3, -0.25) is 0 Å². The number of anilines is 1. The number of hydrogen-bond acceptors (Lipinski definition) is 5. The maximum Gasteiger partial charge on any atom is 0.315 e. The number of aryl methyl sites for hydroxylation is 1. The molecule has 0 aliphatic heterocycles. The molecule has 0 unspecified atom stereocenters. The van der Waals surface area contributed by atoms with Crippen LogP contribution in [0.25, 0.3) is 11.0 Å². The van der Waals surface area contributed by atoms with Crippen molar-refractivity contribution < 1.29 is 9.53 Å². The lowest BCUT2D eigenvalue weighted by Gasteiger charge is -2.33. The zero-order valence-electron chi connectivity index (χ0n) is 21.4. The minimum absolute atomic E-state index is 0.257. The number of nitrogen functional groups attached to an aromatic ring is 1. The largest absolute Gasteiger partial charge is 0.382 e. The Morgan fingerprint density at radius 3 is 2.65 bits per heavy atom. The first-order valence-electron chi connectivity index (χ1n) is 13.2. The molecule has 8 nitrogen and oxygen atoms in total. The number of nitrogens with two attached hydrogens (primary N) is 2. The fourth-order valence-electron chi connectivity index (χ4n) is 5.17. The molecule has 0 atom stereocenters. The Balaban J connectivity index is 1.65. The number of carbonyl (C=O) groups is 1. The molecule has 3 rings (SSSR count). The van der Waals surface area contributed by atoms with Crippen LogP contribution in [0.15, 0.2) is 6.33 Å². The van der Waals surface area contributed by atoms with Crippen molar-refractivity contribution in [3.8, 4) is 0 Å². The van der Waals surface area contributed by atoms with E-state index < -0.39 is 0 Å². The Hall–Kier alpha value is -2.35. The second-order valence-corrected chi connectivity index (χ2v) is 9.90. The molecule has 2 aromatic heterocycles. The van der Waals surface area contributed by atoms with E-state index in [1.165, 1.54) is 44.1 Å². The van der Waals surface area contributed by atoms with Crippen LogP contribution in [0.2, 0.25) is 0 Å². The molecule has 1 aliphatic rings. The zero-order chi connectivity index (χ0) is 24.5. The minimum atomic E-state index is -0.340. The van der Waals surface area contributed by atoms with Gasteiger partial charge in [-0.2, -0.15) is 0 Å². The molecule has 0 bridgehead atoms. The highest BCUT2D eigenvalue weighted by Gasteiger charge is 2.23. The molecule has 0 aromatic carbocycles. The predicted molar refractivity (Wildman–Crippen MR) is 138 cm³/mol. The molecule has 8 heteroatoms. The lowest BCUT2D eigenvalue weighted by Crippen LogP contribution is -2.46. The van der Waals surface area contributed by atoms with Crippen LogP contribution in [0, 0.1) is 0 Å². The number of rotatable bonds is 13. The summed E-state index contributed by atoms with van der Waals surface area (Å²) in [7, 11) is 0. The number of unbranched alkanes of at least 4 members (excludes halogenated alkanes) is 3. The van der Waals surface area contributed by atoms with E-state index in [1.54, 1.807) is 4.90 Å². The fourth-order valence-corrected chi connectivity index (χ4v) is 5.17. The number of nitrogens with zero attached hydrogens (tertiary/aromatic N) is 4. The zero-order valence-corrected chi connectivity index (χ0v) is 21.4. The summed E-state index contributed by atoms with van der Waals surface area (Å²) in [6.45, 7) is 8.82. The molecular weight excluding hydrogens is 428 g/mol. The maximum atomic E-state index is 11.9. The number of aromatic nitrogens is 3. The first-order chi connectivity index (χ1) is 16.4. The molecular formula is C26H44N6O2. The summed E-state index contributed by atoms with van der Waals surface area (Å²) in [5.41, 5.74) is 16.2. The summed E-state index contributed by atoms with van der Waals surface area (Å²) in [5.74, 6) is 0.798. The highest BCUT2D eigenvalue weighted by atomic mass is 16.5. The monoisotopic (exact) mass is 472 g/mol. The van der Waals surface area contributed by atoms with Crippen molar-refractivity contribution in [1.82, 2.24) is 19.4 Å². The summed E-state index contributed by atoms with van der Waals surface area (Å²) >= 11 is 0. The Morgan fingerprint density at radius 1 is 1.21 bits per heavy atom. The topological polar surface area (TPSA) is 112 Å². The number of imidazole rings is 1. The third-order valence-electron chi connectivity index (χ3n) is 7.00. The van der Waals surface area contributed by atoms with Gasteiger partial charge in [0, 0.05) is 24.7 Å². The highest BCUT2D eigenvalue weighted by molar-refractivity contribution is 5.88. The van der Waals surface area contributed by atoms with Crippen molar-refractivity contribution in [2.45, 2.75) is 103 Å². The Kier molecular flexibility index (Phi) is 9.99. The van der Waals surface area contributed by atoms with Gasteiger partial charge in [0.25, 0.3) is 0 Å². The van der Waals surface area contributed by atoms with Gasteiger partial charge < -0.3 is 25.7 Å². The normalized spacial score (nSPS) is 14.8. The summed E-state index contributed by atoms with van der Waals surface area (Å²) in [6.07, 6.45) is 13.3. The summed E-state index contributed by atoms with van der Waals surface area (Å²) in [5, 5.41) is 0. The molecule has 1 fully saturated rings. The molecule has 2 amide bonds. The third kappa shape index (κ3) is 6.62. The van der Waals surface area contributed by atoms with Crippen LogP contribution >= 0.6 is 0 Å². The Morgan fingerprint density at radius 2 is 1.97 bits per heavy atom. The number of primary amides is 1. The quantitative estimate of drug-likeness (QED) is 0.399. The van der Waals surface area contributed by atoms with E-state index in [0.29, 0.717) is 38.0 Å². The smallest absolute Gasteiger partial charge is 0.315 e. The molecule has 1 aliphatic carbocycles. The van der Waals surface area contributed by atoms with Gasteiger partial charge in [-0.05, 0) is 31.6 Å². The average molecular weight is 473 g/mol. The van der Waals surface area contributed by atoms with Gasteiger partial charge in [0.1, 0.15) is 5.52 Å². The Labute approximate surface area is 204 Å². The van der Waals surface area contributed by atoms with E-state index in [1.807, 2.05) is 6.33 Å². The number of pyridine rings is 1. The van der Waals surface area contributed by atoms with Crippen molar-refractivity contribution in [1.29, 1.82) is 0 Å². The lowest BCUT2D eigenvalue weighted by molar-refractivity contribution is 0.0880. The number of ether oxygens (including phenoxy) is 1. The molecule has 1 saturated carbocycles. The summed E-state index contributed by atoms with van der Waals surface area (Å²) < 4.78 is 8.10. The van der Waals surface area contributed by atoms with Gasteiger partial charge in [0.2, 0.25) is 0 Å². The first kappa shape index (κ1) is 26.3. The molecule has 190 valence electrons. The highest BCUT2D eigenvalue weighted by Crippen LogP contribution is 2.30. The van der Waals surface area contributed by atoms with Crippen LogP contribution in [-0.2, 0) is 17.7 Å². The van der Waals surface area contributed by atoms with Gasteiger partial charge in [0.05, 0.1) is 30.8 Å². The van der Waals surface area contributed by atoms with Crippen molar-refractivity contribution in [2.75, 3.05) is 25.5 Å². The van der Waals surface area contributed by atoms with Gasteiger partial charge >= 0.3 is 6.03 Å². The van der Waals surface area contributed by atoms with E-state index in [9.17, 15) is 4.79 Å². The molecule has 0 saturated heterocycles. The van der Waals surface area contributed by atoms with Gasteiger partial charge in [-0.15, -0.1) is 0 Å². The number of hydrogen-bond donors (Lipinski definition) is 2. The van der Waals surface area contributed by atoms with E-state index >= 15 is 0 Å². The maximum absolute atomic E-state index is 11.9. The van der Waals surface area contributed by atoms with Crippen molar-refractivity contribution in [3.05, 3.63) is 17.6 Å². The third-order valence-corrected chi connectivity index (χ3v) is 7.00. The number of carbonyl (C=O) groups excluding carboxylic acids is 1. The SMILES string of the molecule is CCCCCCc1c(C(C)C)nc(N)c2ncn(CCOCCN(C(N)=O)C3CCCCC3)c12. The van der Waals surface area contributed by atoms with Crippen LogP contribution in [0.5, 0.6) is 0 Å². The predicted octanol–water partition coefficient (Wildman–Crippen LogP) is 4.99. The van der Waals surface area contributed by atoms with Crippen LogP contribution in [-0.4, -0.2) is 51.3 Å².